The number of primary amides is 1. The summed E-state index contributed by atoms with van der Waals surface area (Å²) < 4.78 is 0. The number of nitrogens with two attached hydrogens (primary N) is 2. The third kappa shape index (κ3) is 2.22. The van der Waals surface area contributed by atoms with Gasteiger partial charge in [-0.15, -0.1) is 11.3 Å². The summed E-state index contributed by atoms with van der Waals surface area (Å²) in [4.78, 5) is 13.8. The van der Waals surface area contributed by atoms with Crippen molar-refractivity contribution in [1.29, 1.82) is 5.26 Å². The van der Waals surface area contributed by atoms with Crippen LogP contribution in [0.2, 0.25) is 0 Å². The minimum absolute atomic E-state index is 0.198. The topological polar surface area (TPSA) is 96.1 Å². The van der Waals surface area contributed by atoms with E-state index in [1.165, 1.54) is 22.5 Å². The maximum Gasteiger partial charge on any atom is 0.261 e. The minimum atomic E-state index is -0.586. The zero-order chi connectivity index (χ0) is 15.0. The third-order valence-electron chi connectivity index (χ3n) is 3.68. The van der Waals surface area contributed by atoms with Crippen molar-refractivity contribution in [2.24, 2.45) is 5.73 Å². The maximum absolute atomic E-state index is 11.4. The van der Waals surface area contributed by atoms with Gasteiger partial charge in [-0.2, -0.15) is 5.26 Å². The molecule has 3 rings (SSSR count). The quantitative estimate of drug-likeness (QED) is 0.884. The molecule has 0 radical (unpaired) electrons. The summed E-state index contributed by atoms with van der Waals surface area (Å²) in [7, 11) is 0. The molecule has 5 nitrogen and oxygen atoms in total. The van der Waals surface area contributed by atoms with Gasteiger partial charge in [-0.05, 0) is 17.5 Å². The molecule has 0 spiro atoms. The normalized spacial score (nSPS) is 13.6. The van der Waals surface area contributed by atoms with E-state index in [1.54, 1.807) is 0 Å². The lowest BCUT2D eigenvalue weighted by Crippen LogP contribution is -2.30. The van der Waals surface area contributed by atoms with Gasteiger partial charge in [0, 0.05) is 13.1 Å². The van der Waals surface area contributed by atoms with Crippen LogP contribution in [0.3, 0.4) is 0 Å². The fraction of sp³-hybridized carbons (Fsp3) is 0.200. The molecule has 2 heterocycles. The lowest BCUT2D eigenvalue weighted by Gasteiger charge is -2.29. The zero-order valence-corrected chi connectivity index (χ0v) is 12.1. The van der Waals surface area contributed by atoms with E-state index in [9.17, 15) is 10.1 Å². The first-order valence-electron chi connectivity index (χ1n) is 6.55. The molecule has 106 valence electrons. The van der Waals surface area contributed by atoms with Crippen LogP contribution in [0.5, 0.6) is 0 Å². The Morgan fingerprint density at radius 2 is 2.05 bits per heavy atom. The second kappa shape index (κ2) is 5.11. The third-order valence-corrected chi connectivity index (χ3v) is 4.96. The van der Waals surface area contributed by atoms with Crippen molar-refractivity contribution in [2.45, 2.75) is 13.0 Å². The summed E-state index contributed by atoms with van der Waals surface area (Å²) in [6.45, 7) is 1.51. The number of nitrogens with zero attached hydrogens (tertiary/aromatic N) is 2. The summed E-state index contributed by atoms with van der Waals surface area (Å²) in [6.07, 6.45) is 0.907. The fourth-order valence-corrected chi connectivity index (χ4v) is 3.66. The first-order valence-corrected chi connectivity index (χ1v) is 7.37. The summed E-state index contributed by atoms with van der Waals surface area (Å²) >= 11 is 1.20. The minimum Gasteiger partial charge on any atom is -0.396 e. The Morgan fingerprint density at radius 1 is 1.33 bits per heavy atom. The van der Waals surface area contributed by atoms with Crippen molar-refractivity contribution >= 4 is 27.9 Å². The number of anilines is 2. The predicted octanol–water partition coefficient (Wildman–Crippen LogP) is 1.86. The van der Waals surface area contributed by atoms with Crippen LogP contribution >= 0.6 is 11.3 Å². The van der Waals surface area contributed by atoms with E-state index in [0.717, 1.165) is 18.0 Å². The van der Waals surface area contributed by atoms with Gasteiger partial charge in [0.1, 0.15) is 21.5 Å². The largest absolute Gasteiger partial charge is 0.396 e. The van der Waals surface area contributed by atoms with Crippen molar-refractivity contribution in [3.05, 3.63) is 45.8 Å². The molecule has 0 saturated heterocycles. The molecule has 0 unspecified atom stereocenters. The Labute approximate surface area is 126 Å². The van der Waals surface area contributed by atoms with E-state index in [2.05, 4.69) is 23.1 Å². The van der Waals surface area contributed by atoms with Crippen LogP contribution in [0.25, 0.3) is 0 Å². The van der Waals surface area contributed by atoms with Crippen molar-refractivity contribution in [3.8, 4) is 6.07 Å². The average molecular weight is 298 g/mol. The number of thiophene rings is 1. The number of rotatable bonds is 2. The molecular formula is C15H14N4OS. The summed E-state index contributed by atoms with van der Waals surface area (Å²) in [5, 5.41) is 10.1. The Bertz CT molecular complexity index is 760. The second-order valence-electron chi connectivity index (χ2n) is 4.94. The molecule has 1 aromatic carbocycles. The number of nitriles is 1. The van der Waals surface area contributed by atoms with Gasteiger partial charge in [0.25, 0.3) is 5.91 Å². The molecule has 21 heavy (non-hydrogen) atoms. The lowest BCUT2D eigenvalue weighted by atomic mass is 10.00. The van der Waals surface area contributed by atoms with Crippen LogP contribution in [0.15, 0.2) is 24.3 Å². The molecule has 2 aromatic rings. The number of benzene rings is 1. The SMILES string of the molecule is N#Cc1c(N2CCc3ccccc3C2)sc(C(N)=O)c1N. The van der Waals surface area contributed by atoms with Gasteiger partial charge in [-0.25, -0.2) is 0 Å². The van der Waals surface area contributed by atoms with Gasteiger partial charge in [-0.1, -0.05) is 24.3 Å². The second-order valence-corrected chi connectivity index (χ2v) is 5.94. The fourth-order valence-electron chi connectivity index (χ4n) is 2.61. The van der Waals surface area contributed by atoms with Crippen molar-refractivity contribution < 1.29 is 4.79 Å². The van der Waals surface area contributed by atoms with E-state index in [0.29, 0.717) is 12.1 Å². The molecule has 6 heteroatoms. The lowest BCUT2D eigenvalue weighted by molar-refractivity contribution is 0.100. The van der Waals surface area contributed by atoms with Gasteiger partial charge in [0.2, 0.25) is 0 Å². The number of fused-ring (bicyclic) bond motifs is 1. The Morgan fingerprint density at radius 3 is 2.71 bits per heavy atom. The van der Waals surface area contributed by atoms with E-state index in [4.69, 9.17) is 11.5 Å². The highest BCUT2D eigenvalue weighted by Crippen LogP contribution is 2.39. The van der Waals surface area contributed by atoms with Crippen molar-refractivity contribution in [1.82, 2.24) is 0 Å². The number of hydrogen-bond acceptors (Lipinski definition) is 5. The highest BCUT2D eigenvalue weighted by atomic mass is 32.1. The number of carbonyl (C=O) groups is 1. The molecule has 0 saturated carbocycles. The van der Waals surface area contributed by atoms with Crippen LogP contribution in [-0.4, -0.2) is 12.5 Å². The van der Waals surface area contributed by atoms with Crippen LogP contribution in [0.1, 0.15) is 26.4 Å². The van der Waals surface area contributed by atoms with Gasteiger partial charge in [-0.3, -0.25) is 4.79 Å². The molecule has 1 amide bonds. The van der Waals surface area contributed by atoms with E-state index < -0.39 is 5.91 Å². The first kappa shape index (κ1) is 13.5. The number of hydrogen-bond donors (Lipinski definition) is 2. The molecule has 0 atom stereocenters. The first-order chi connectivity index (χ1) is 10.1. The molecule has 0 aliphatic carbocycles. The smallest absolute Gasteiger partial charge is 0.261 e. The Balaban J connectivity index is 2.01. The Hall–Kier alpha value is -2.52. The summed E-state index contributed by atoms with van der Waals surface area (Å²) in [6, 6.07) is 10.3. The zero-order valence-electron chi connectivity index (χ0n) is 11.3. The van der Waals surface area contributed by atoms with Gasteiger partial charge < -0.3 is 16.4 Å². The standard InChI is InChI=1S/C15H14N4OS/c16-7-11-12(17)13(14(18)20)21-15(11)19-6-5-9-3-1-2-4-10(9)8-19/h1-4H,5-6,8,17H2,(H2,18,20). The highest BCUT2D eigenvalue weighted by molar-refractivity contribution is 7.19. The van der Waals surface area contributed by atoms with Crippen LogP contribution in [0.4, 0.5) is 10.7 Å². The van der Waals surface area contributed by atoms with E-state index in [1.807, 2.05) is 12.1 Å². The van der Waals surface area contributed by atoms with Gasteiger partial charge in [0.15, 0.2) is 0 Å². The van der Waals surface area contributed by atoms with Crippen LogP contribution in [-0.2, 0) is 13.0 Å². The maximum atomic E-state index is 11.4. The van der Waals surface area contributed by atoms with Gasteiger partial charge >= 0.3 is 0 Å². The van der Waals surface area contributed by atoms with E-state index in [-0.39, 0.29) is 10.6 Å². The number of nitrogen functional groups attached to an aromatic ring is 1. The molecule has 4 N–H and O–H groups in total. The molecule has 1 aliphatic heterocycles. The monoisotopic (exact) mass is 298 g/mol. The number of amides is 1. The molecular weight excluding hydrogens is 284 g/mol. The number of carbonyl (C=O) groups excluding carboxylic acids is 1. The summed E-state index contributed by atoms with van der Waals surface area (Å²) in [5.74, 6) is -0.586. The van der Waals surface area contributed by atoms with Crippen molar-refractivity contribution in [3.63, 3.8) is 0 Å². The van der Waals surface area contributed by atoms with Crippen molar-refractivity contribution in [2.75, 3.05) is 17.2 Å². The molecule has 0 bridgehead atoms. The molecule has 1 aromatic heterocycles. The average Bonchev–Trinajstić information content (AvgIpc) is 2.83. The van der Waals surface area contributed by atoms with Crippen LogP contribution in [0, 0.1) is 11.3 Å². The predicted molar refractivity (Wildman–Crippen MR) is 83.2 cm³/mol. The summed E-state index contributed by atoms with van der Waals surface area (Å²) in [5.41, 5.74) is 14.3. The van der Waals surface area contributed by atoms with Crippen LogP contribution < -0.4 is 16.4 Å². The molecule has 1 aliphatic rings. The molecule has 0 fully saturated rings. The Kier molecular flexibility index (Phi) is 3.28. The highest BCUT2D eigenvalue weighted by Gasteiger charge is 2.25. The van der Waals surface area contributed by atoms with Gasteiger partial charge in [0.05, 0.1) is 5.69 Å². The van der Waals surface area contributed by atoms with E-state index >= 15 is 0 Å².